The minimum atomic E-state index is -0.456. The molecule has 0 atom stereocenters. The topological polar surface area (TPSA) is 89.0 Å². The maximum absolute atomic E-state index is 12.4. The van der Waals surface area contributed by atoms with E-state index in [9.17, 15) is 4.79 Å². The Bertz CT molecular complexity index is 898. The number of hydrogen-bond donors (Lipinski definition) is 1. The lowest BCUT2D eigenvalue weighted by Gasteiger charge is -2.39. The summed E-state index contributed by atoms with van der Waals surface area (Å²) in [5, 5.41) is 0. The van der Waals surface area contributed by atoms with Crippen molar-refractivity contribution in [3.05, 3.63) is 17.0 Å². The maximum Gasteiger partial charge on any atom is 0.410 e. The summed E-state index contributed by atoms with van der Waals surface area (Å²) >= 11 is 3.51. The molecule has 2 N–H and O–H groups in total. The van der Waals surface area contributed by atoms with Gasteiger partial charge in [-0.3, -0.25) is 4.40 Å². The number of nitrogen functional groups attached to an aromatic ring is 1. The third-order valence-electron chi connectivity index (χ3n) is 5.72. The molecule has 1 spiro atoms. The van der Waals surface area contributed by atoms with E-state index in [1.165, 1.54) is 0 Å². The molecule has 0 radical (unpaired) electrons. The molecule has 1 amide bonds. The number of likely N-dealkylation sites (tertiary alicyclic amines) is 1. The number of aromatic nitrogens is 3. The van der Waals surface area contributed by atoms with Crippen LogP contribution in [0.4, 0.5) is 16.6 Å². The first-order valence-electron chi connectivity index (χ1n) is 9.68. The van der Waals surface area contributed by atoms with Crippen LogP contribution in [0.2, 0.25) is 0 Å². The Labute approximate surface area is 173 Å². The van der Waals surface area contributed by atoms with Gasteiger partial charge in [0.1, 0.15) is 15.7 Å². The zero-order valence-corrected chi connectivity index (χ0v) is 18.2. The Morgan fingerprint density at radius 3 is 2.61 bits per heavy atom. The lowest BCUT2D eigenvalue weighted by molar-refractivity contribution is 0.0266. The first kappa shape index (κ1) is 19.3. The second-order valence-electron chi connectivity index (χ2n) is 8.87. The molecule has 4 rings (SSSR count). The van der Waals surface area contributed by atoms with Gasteiger partial charge < -0.3 is 20.3 Å². The van der Waals surface area contributed by atoms with Crippen LogP contribution in [0.5, 0.6) is 0 Å². The average molecular weight is 451 g/mol. The van der Waals surface area contributed by atoms with Crippen molar-refractivity contribution in [1.29, 1.82) is 0 Å². The van der Waals surface area contributed by atoms with Crippen LogP contribution in [-0.2, 0) is 4.74 Å². The molecule has 4 heterocycles. The van der Waals surface area contributed by atoms with E-state index in [4.69, 9.17) is 10.5 Å². The van der Waals surface area contributed by atoms with Crippen LogP contribution in [0.15, 0.2) is 17.0 Å². The van der Waals surface area contributed by atoms with Gasteiger partial charge in [0, 0.05) is 38.6 Å². The number of nitrogens with zero attached hydrogens (tertiary/aromatic N) is 5. The number of nitrogens with two attached hydrogens (primary N) is 1. The van der Waals surface area contributed by atoms with E-state index in [-0.39, 0.29) is 11.5 Å². The van der Waals surface area contributed by atoms with Crippen LogP contribution in [0, 0.1) is 5.41 Å². The minimum Gasteiger partial charge on any atom is -0.444 e. The molecule has 2 aliphatic rings. The Kier molecular flexibility index (Phi) is 4.68. The number of carbonyl (C=O) groups is 1. The largest absolute Gasteiger partial charge is 0.444 e. The number of imidazole rings is 1. The molecule has 0 saturated carbocycles. The maximum atomic E-state index is 12.4. The number of ether oxygens (including phenoxy) is 1. The molecule has 0 unspecified atom stereocenters. The fraction of sp³-hybridized carbons (Fsp3) is 0.632. The molecule has 0 bridgehead atoms. The van der Waals surface area contributed by atoms with Gasteiger partial charge in [0.15, 0.2) is 5.82 Å². The summed E-state index contributed by atoms with van der Waals surface area (Å²) in [5.74, 6) is 1.35. The number of anilines is 2. The summed E-state index contributed by atoms with van der Waals surface area (Å²) in [7, 11) is 0. The van der Waals surface area contributed by atoms with Crippen molar-refractivity contribution in [1.82, 2.24) is 19.3 Å². The summed E-state index contributed by atoms with van der Waals surface area (Å²) in [4.78, 5) is 25.4. The van der Waals surface area contributed by atoms with Crippen LogP contribution in [0.3, 0.4) is 0 Å². The summed E-state index contributed by atoms with van der Waals surface area (Å²) in [5.41, 5.74) is 6.54. The highest BCUT2D eigenvalue weighted by Gasteiger charge is 2.43. The van der Waals surface area contributed by atoms with Gasteiger partial charge in [0.2, 0.25) is 5.95 Å². The normalized spacial score (nSPS) is 19.6. The van der Waals surface area contributed by atoms with Gasteiger partial charge in [-0.25, -0.2) is 14.8 Å². The summed E-state index contributed by atoms with van der Waals surface area (Å²) < 4.78 is 8.25. The van der Waals surface area contributed by atoms with E-state index in [1.807, 2.05) is 36.3 Å². The zero-order chi connectivity index (χ0) is 20.1. The van der Waals surface area contributed by atoms with E-state index in [1.54, 1.807) is 6.20 Å². The molecule has 2 aliphatic heterocycles. The Hall–Kier alpha value is -2.03. The van der Waals surface area contributed by atoms with Crippen LogP contribution >= 0.6 is 15.9 Å². The molecule has 28 heavy (non-hydrogen) atoms. The predicted molar refractivity (Wildman–Crippen MR) is 111 cm³/mol. The molecule has 9 heteroatoms. The SMILES string of the molecule is CC(C)(C)OC(=O)N1CCC2(CCN(c3nc(Br)c4c(N)nccn34)CC2)C1. The molecule has 0 aromatic carbocycles. The molecule has 2 aromatic heterocycles. The predicted octanol–water partition coefficient (Wildman–Crippen LogP) is 3.30. The zero-order valence-electron chi connectivity index (χ0n) is 16.6. The van der Waals surface area contributed by atoms with Crippen LogP contribution in [-0.4, -0.2) is 57.1 Å². The fourth-order valence-corrected chi connectivity index (χ4v) is 4.79. The first-order valence-corrected chi connectivity index (χ1v) is 10.5. The monoisotopic (exact) mass is 450 g/mol. The standard InChI is InChI=1S/C19H27BrN6O2/c1-18(2,3)28-17(27)25-10-6-19(12-25)4-8-24(9-5-19)16-23-14(20)13-15(21)22-7-11-26(13)16/h7,11H,4-6,8-10,12H2,1-3H3,(H2,21,22). The molecule has 8 nitrogen and oxygen atoms in total. The molecular formula is C19H27BrN6O2. The van der Waals surface area contributed by atoms with Gasteiger partial charge in [-0.1, -0.05) is 0 Å². The number of fused-ring (bicyclic) bond motifs is 1. The number of halogens is 1. The summed E-state index contributed by atoms with van der Waals surface area (Å²) in [6.07, 6.45) is 6.48. The van der Waals surface area contributed by atoms with Gasteiger partial charge >= 0.3 is 6.09 Å². The third-order valence-corrected chi connectivity index (χ3v) is 6.27. The minimum absolute atomic E-state index is 0.179. The van der Waals surface area contributed by atoms with Gasteiger partial charge in [0.05, 0.1) is 0 Å². The quantitative estimate of drug-likeness (QED) is 0.716. The lowest BCUT2D eigenvalue weighted by atomic mass is 9.78. The highest BCUT2D eigenvalue weighted by atomic mass is 79.9. The molecule has 2 saturated heterocycles. The molecular weight excluding hydrogens is 424 g/mol. The second-order valence-corrected chi connectivity index (χ2v) is 9.62. The Morgan fingerprint density at radius 2 is 1.93 bits per heavy atom. The smallest absolute Gasteiger partial charge is 0.410 e. The Balaban J connectivity index is 1.45. The molecule has 152 valence electrons. The number of piperidine rings is 1. The fourth-order valence-electron chi connectivity index (χ4n) is 4.24. The average Bonchev–Trinajstić information content (AvgIpc) is 3.17. The van der Waals surface area contributed by atoms with E-state index in [0.717, 1.165) is 56.9 Å². The van der Waals surface area contributed by atoms with E-state index in [2.05, 4.69) is 30.8 Å². The summed E-state index contributed by atoms with van der Waals surface area (Å²) in [6.45, 7) is 9.07. The third kappa shape index (κ3) is 3.52. The molecule has 2 fully saturated rings. The van der Waals surface area contributed by atoms with Crippen molar-refractivity contribution < 1.29 is 9.53 Å². The number of rotatable bonds is 1. The highest BCUT2D eigenvalue weighted by molar-refractivity contribution is 9.10. The van der Waals surface area contributed by atoms with Crippen LogP contribution in [0.1, 0.15) is 40.0 Å². The van der Waals surface area contributed by atoms with Gasteiger partial charge in [-0.15, -0.1) is 0 Å². The Morgan fingerprint density at radius 1 is 1.25 bits per heavy atom. The van der Waals surface area contributed by atoms with Gasteiger partial charge in [0.25, 0.3) is 0 Å². The van der Waals surface area contributed by atoms with Crippen molar-refractivity contribution in [3.63, 3.8) is 0 Å². The van der Waals surface area contributed by atoms with Crippen LogP contribution in [0.25, 0.3) is 5.52 Å². The second kappa shape index (κ2) is 6.79. The first-order chi connectivity index (χ1) is 13.2. The van der Waals surface area contributed by atoms with Crippen molar-refractivity contribution in [2.24, 2.45) is 5.41 Å². The summed E-state index contributed by atoms with van der Waals surface area (Å²) in [6, 6.07) is 0. The highest BCUT2D eigenvalue weighted by Crippen LogP contribution is 2.42. The van der Waals surface area contributed by atoms with Gasteiger partial charge in [-0.2, -0.15) is 0 Å². The van der Waals surface area contributed by atoms with E-state index < -0.39 is 5.60 Å². The van der Waals surface area contributed by atoms with Gasteiger partial charge in [-0.05, 0) is 61.4 Å². The van der Waals surface area contributed by atoms with E-state index in [0.29, 0.717) is 10.4 Å². The van der Waals surface area contributed by atoms with Crippen LogP contribution < -0.4 is 10.6 Å². The number of hydrogen-bond acceptors (Lipinski definition) is 6. The van der Waals surface area contributed by atoms with Crippen molar-refractivity contribution >= 4 is 39.3 Å². The number of amides is 1. The molecule has 0 aliphatic carbocycles. The molecule has 2 aromatic rings. The number of carbonyl (C=O) groups excluding carboxylic acids is 1. The van der Waals surface area contributed by atoms with Crippen molar-refractivity contribution in [2.45, 2.75) is 45.6 Å². The lowest BCUT2D eigenvalue weighted by Crippen LogP contribution is -2.43. The van der Waals surface area contributed by atoms with Crippen molar-refractivity contribution in [3.8, 4) is 0 Å². The van der Waals surface area contributed by atoms with E-state index >= 15 is 0 Å². The van der Waals surface area contributed by atoms with Crippen molar-refractivity contribution in [2.75, 3.05) is 36.8 Å².